The molecule has 0 fully saturated rings. The highest BCUT2D eigenvalue weighted by Gasteiger charge is 1.95. The van der Waals surface area contributed by atoms with Crippen LogP contribution in [0.15, 0.2) is 12.2 Å². The topological polar surface area (TPSA) is 55.4 Å². The average Bonchev–Trinajstić information content (AvgIpc) is 2.82. The van der Waals surface area contributed by atoms with Gasteiger partial charge in [0.25, 0.3) is 0 Å². The Balaban J connectivity index is -0.000000345. The van der Waals surface area contributed by atoms with Crippen LogP contribution in [0.1, 0.15) is 189 Å². The number of hydrogen-bond acceptors (Lipinski definition) is 1. The maximum Gasteiger partial charge on any atom is 0.0279 e. The van der Waals surface area contributed by atoms with Crippen LogP contribution in [-0.4, -0.2) is 11.2 Å². The second kappa shape index (κ2) is 42.5. The summed E-state index contributed by atoms with van der Waals surface area (Å²) in [6.45, 7) is 12.5. The van der Waals surface area contributed by atoms with Gasteiger partial charge in [-0.3, -0.25) is 0 Å². The van der Waals surface area contributed by atoms with Crippen LogP contribution in [-0.2, 0) is 0 Å². The molecule has 0 heterocycles. The molecular formula is C32H69NO. The summed E-state index contributed by atoms with van der Waals surface area (Å²) in [5, 5.41) is 6.99. The summed E-state index contributed by atoms with van der Waals surface area (Å²) in [7, 11) is 0. The molecule has 0 radical (unpaired) electrons. The zero-order valence-electron chi connectivity index (χ0n) is 24.9. The molecule has 0 atom stereocenters. The SMILES string of the molecule is CC.CCC/C=C\C(C)=N.CCCCCCCCCCCCCCCCCCCCCCC.O. The first-order valence-electron chi connectivity index (χ1n) is 15.4. The average molecular weight is 484 g/mol. The molecule has 0 amide bonds. The number of unbranched alkanes of at least 4 members (excludes halogenated alkanes) is 21. The van der Waals surface area contributed by atoms with Gasteiger partial charge in [-0.25, -0.2) is 0 Å². The molecule has 0 aliphatic rings. The number of allylic oxidation sites excluding steroid dienone is 2. The van der Waals surface area contributed by atoms with E-state index in [0.717, 1.165) is 6.42 Å². The molecule has 0 aliphatic carbocycles. The summed E-state index contributed by atoms with van der Waals surface area (Å²) in [6.07, 6.45) is 37.0. The van der Waals surface area contributed by atoms with Crippen LogP contribution in [0.2, 0.25) is 0 Å². The van der Waals surface area contributed by atoms with Crippen molar-refractivity contribution in [2.45, 2.75) is 189 Å². The van der Waals surface area contributed by atoms with Gasteiger partial charge in [0.1, 0.15) is 0 Å². The van der Waals surface area contributed by atoms with Crippen molar-refractivity contribution < 1.29 is 5.48 Å². The lowest BCUT2D eigenvalue weighted by molar-refractivity contribution is 0.521. The van der Waals surface area contributed by atoms with E-state index in [1.165, 1.54) is 141 Å². The van der Waals surface area contributed by atoms with Gasteiger partial charge in [-0.1, -0.05) is 182 Å². The molecule has 0 saturated carbocycles. The monoisotopic (exact) mass is 484 g/mol. The Kier molecular flexibility index (Phi) is 50.7. The Morgan fingerprint density at radius 2 is 0.706 bits per heavy atom. The van der Waals surface area contributed by atoms with E-state index in [-0.39, 0.29) is 5.48 Å². The second-order valence-electron chi connectivity index (χ2n) is 9.59. The standard InChI is InChI=1S/C23H48.C7H13N.C2H6.H2O/c1-3-5-7-9-11-13-15-17-19-21-23-22-20-18-16-14-12-10-8-6-4-2;1-3-4-5-6-7(2)8;1-2;/h3-23H2,1-2H3;5-6,8H,3-4H2,1-2H3;1-2H3;1H2/b;6-5-,8-7?;;. The Bertz CT molecular complexity index is 331. The van der Waals surface area contributed by atoms with Crippen molar-refractivity contribution in [2.24, 2.45) is 0 Å². The van der Waals surface area contributed by atoms with Gasteiger partial charge < -0.3 is 10.9 Å². The number of nitrogens with one attached hydrogen (secondary N) is 1. The van der Waals surface area contributed by atoms with E-state index in [1.807, 2.05) is 26.0 Å². The molecule has 0 spiro atoms. The van der Waals surface area contributed by atoms with Crippen LogP contribution < -0.4 is 0 Å². The summed E-state index contributed by atoms with van der Waals surface area (Å²) in [5.41, 5.74) is 0.637. The minimum Gasteiger partial charge on any atom is -0.412 e. The van der Waals surface area contributed by atoms with E-state index in [9.17, 15) is 0 Å². The van der Waals surface area contributed by atoms with Gasteiger partial charge in [-0.2, -0.15) is 0 Å². The maximum absolute atomic E-state index is 6.99. The van der Waals surface area contributed by atoms with Gasteiger partial charge in [0, 0.05) is 5.71 Å². The third-order valence-corrected chi connectivity index (χ3v) is 6.03. The molecule has 0 saturated heterocycles. The van der Waals surface area contributed by atoms with Gasteiger partial charge in [-0.15, -0.1) is 0 Å². The summed E-state index contributed by atoms with van der Waals surface area (Å²) >= 11 is 0. The molecule has 2 heteroatoms. The molecule has 2 nitrogen and oxygen atoms in total. The molecule has 208 valence electrons. The Morgan fingerprint density at radius 1 is 0.471 bits per heavy atom. The van der Waals surface area contributed by atoms with E-state index in [0.29, 0.717) is 5.71 Å². The molecular weight excluding hydrogens is 414 g/mol. The zero-order valence-corrected chi connectivity index (χ0v) is 24.9. The zero-order chi connectivity index (χ0) is 25.3. The largest absolute Gasteiger partial charge is 0.412 e. The van der Waals surface area contributed by atoms with E-state index >= 15 is 0 Å². The molecule has 0 bridgehead atoms. The molecule has 0 unspecified atom stereocenters. The van der Waals surface area contributed by atoms with Crippen LogP contribution >= 0.6 is 0 Å². The first-order chi connectivity index (χ1) is 16.2. The fourth-order valence-electron chi connectivity index (χ4n) is 3.93. The van der Waals surface area contributed by atoms with Crippen LogP contribution in [0.5, 0.6) is 0 Å². The Labute approximate surface area is 218 Å². The number of hydrogen-bond donors (Lipinski definition) is 1. The van der Waals surface area contributed by atoms with E-state index in [1.54, 1.807) is 6.92 Å². The van der Waals surface area contributed by atoms with Gasteiger partial charge in [0.2, 0.25) is 0 Å². The van der Waals surface area contributed by atoms with Crippen molar-refractivity contribution in [3.63, 3.8) is 0 Å². The molecule has 0 rings (SSSR count). The smallest absolute Gasteiger partial charge is 0.0279 e. The third-order valence-electron chi connectivity index (χ3n) is 6.03. The van der Waals surface area contributed by atoms with Crippen LogP contribution in [0.3, 0.4) is 0 Å². The molecule has 0 aromatic heterocycles. The quantitative estimate of drug-likeness (QED) is 0.111. The lowest BCUT2D eigenvalue weighted by atomic mass is 10.0. The van der Waals surface area contributed by atoms with Crippen LogP contribution in [0.4, 0.5) is 0 Å². The van der Waals surface area contributed by atoms with Crippen molar-refractivity contribution in [1.82, 2.24) is 0 Å². The minimum absolute atomic E-state index is 0. The third kappa shape index (κ3) is 48.7. The van der Waals surface area contributed by atoms with Gasteiger partial charge >= 0.3 is 0 Å². The predicted octanol–water partition coefficient (Wildman–Crippen LogP) is 11.8. The molecule has 34 heavy (non-hydrogen) atoms. The van der Waals surface area contributed by atoms with Gasteiger partial charge in [-0.05, 0) is 19.4 Å². The minimum atomic E-state index is 0. The van der Waals surface area contributed by atoms with Gasteiger partial charge in [0.05, 0.1) is 0 Å². The summed E-state index contributed by atoms with van der Waals surface area (Å²) in [6, 6.07) is 0. The van der Waals surface area contributed by atoms with Crippen molar-refractivity contribution in [3.8, 4) is 0 Å². The van der Waals surface area contributed by atoms with E-state index in [2.05, 4.69) is 20.8 Å². The van der Waals surface area contributed by atoms with Crippen LogP contribution in [0.25, 0.3) is 0 Å². The normalized spacial score (nSPS) is 10.2. The lowest BCUT2D eigenvalue weighted by Crippen LogP contribution is -1.84. The molecule has 0 aliphatic heterocycles. The van der Waals surface area contributed by atoms with E-state index in [4.69, 9.17) is 5.41 Å². The van der Waals surface area contributed by atoms with Crippen molar-refractivity contribution in [2.75, 3.05) is 0 Å². The number of rotatable bonds is 23. The van der Waals surface area contributed by atoms with E-state index < -0.39 is 0 Å². The summed E-state index contributed by atoms with van der Waals surface area (Å²) < 4.78 is 0. The first-order valence-corrected chi connectivity index (χ1v) is 15.4. The lowest BCUT2D eigenvalue weighted by Gasteiger charge is -2.04. The molecule has 0 aromatic rings. The molecule has 3 N–H and O–H groups in total. The second-order valence-corrected chi connectivity index (χ2v) is 9.59. The molecule has 0 aromatic carbocycles. The summed E-state index contributed by atoms with van der Waals surface area (Å²) in [4.78, 5) is 0. The summed E-state index contributed by atoms with van der Waals surface area (Å²) in [5.74, 6) is 0. The van der Waals surface area contributed by atoms with Crippen molar-refractivity contribution in [1.29, 1.82) is 5.41 Å². The van der Waals surface area contributed by atoms with Gasteiger partial charge in [0.15, 0.2) is 0 Å². The van der Waals surface area contributed by atoms with Crippen LogP contribution in [0, 0.1) is 5.41 Å². The predicted molar refractivity (Wildman–Crippen MR) is 161 cm³/mol. The Hall–Kier alpha value is -0.630. The first kappa shape index (κ1) is 40.5. The highest BCUT2D eigenvalue weighted by atomic mass is 16.0. The van der Waals surface area contributed by atoms with Crippen molar-refractivity contribution >= 4 is 5.71 Å². The fraction of sp³-hybridized carbons (Fsp3) is 0.906. The Morgan fingerprint density at radius 3 is 0.882 bits per heavy atom. The van der Waals surface area contributed by atoms with Crippen molar-refractivity contribution in [3.05, 3.63) is 12.2 Å². The highest BCUT2D eigenvalue weighted by Crippen LogP contribution is 2.14. The fourth-order valence-corrected chi connectivity index (χ4v) is 3.93. The maximum atomic E-state index is 6.99. The highest BCUT2D eigenvalue weighted by molar-refractivity contribution is 5.89.